The molecule has 0 radical (unpaired) electrons. The minimum atomic E-state index is -0.604. The summed E-state index contributed by atoms with van der Waals surface area (Å²) in [6, 6.07) is 19.0. The molecule has 1 fully saturated rings. The molecule has 1 aliphatic carbocycles. The van der Waals surface area contributed by atoms with Crippen LogP contribution in [-0.2, 0) is 0 Å². The van der Waals surface area contributed by atoms with Crippen molar-refractivity contribution >= 4 is 0 Å². The SMILES string of the molecule is F[C@H]1CCC[C@H](c2ccc(-c3ccccc3)cc2)C1. The van der Waals surface area contributed by atoms with E-state index in [9.17, 15) is 4.39 Å². The number of halogens is 1. The Labute approximate surface area is 114 Å². The van der Waals surface area contributed by atoms with Crippen molar-refractivity contribution in [3.63, 3.8) is 0 Å². The first-order valence-corrected chi connectivity index (χ1v) is 7.12. The number of hydrogen-bond acceptors (Lipinski definition) is 0. The average molecular weight is 254 g/mol. The summed E-state index contributed by atoms with van der Waals surface area (Å²) < 4.78 is 13.5. The molecule has 0 heterocycles. The highest BCUT2D eigenvalue weighted by molar-refractivity contribution is 5.63. The Balaban J connectivity index is 1.79. The monoisotopic (exact) mass is 254 g/mol. The van der Waals surface area contributed by atoms with Crippen molar-refractivity contribution in [2.24, 2.45) is 0 Å². The number of rotatable bonds is 2. The lowest BCUT2D eigenvalue weighted by atomic mass is 9.83. The number of alkyl halides is 1. The van der Waals surface area contributed by atoms with Gasteiger partial charge in [-0.15, -0.1) is 0 Å². The minimum Gasteiger partial charge on any atom is -0.247 e. The molecule has 0 aliphatic heterocycles. The topological polar surface area (TPSA) is 0 Å². The van der Waals surface area contributed by atoms with E-state index >= 15 is 0 Å². The Morgan fingerprint density at radius 3 is 2.16 bits per heavy atom. The van der Waals surface area contributed by atoms with Crippen LogP contribution < -0.4 is 0 Å². The Hall–Kier alpha value is -1.63. The van der Waals surface area contributed by atoms with Crippen LogP contribution in [0.2, 0.25) is 0 Å². The molecule has 2 aromatic rings. The molecule has 0 unspecified atom stereocenters. The fraction of sp³-hybridized carbons (Fsp3) is 0.333. The van der Waals surface area contributed by atoms with Gasteiger partial charge < -0.3 is 0 Å². The van der Waals surface area contributed by atoms with E-state index in [0.29, 0.717) is 12.3 Å². The van der Waals surface area contributed by atoms with Crippen LogP contribution in [0.25, 0.3) is 11.1 Å². The van der Waals surface area contributed by atoms with Crippen LogP contribution in [0.4, 0.5) is 4.39 Å². The van der Waals surface area contributed by atoms with Crippen molar-refractivity contribution in [2.75, 3.05) is 0 Å². The highest BCUT2D eigenvalue weighted by atomic mass is 19.1. The molecule has 3 rings (SSSR count). The fourth-order valence-corrected chi connectivity index (χ4v) is 3.01. The lowest BCUT2D eigenvalue weighted by Gasteiger charge is -2.25. The van der Waals surface area contributed by atoms with Gasteiger partial charge in [-0.3, -0.25) is 0 Å². The molecule has 0 amide bonds. The second-order valence-electron chi connectivity index (χ2n) is 5.45. The van der Waals surface area contributed by atoms with Crippen LogP contribution in [0.1, 0.15) is 37.2 Å². The van der Waals surface area contributed by atoms with Crippen LogP contribution in [0.15, 0.2) is 54.6 Å². The molecule has 98 valence electrons. The molecular formula is C18H19F. The molecule has 0 saturated heterocycles. The zero-order chi connectivity index (χ0) is 13.1. The highest BCUT2D eigenvalue weighted by Gasteiger charge is 2.22. The van der Waals surface area contributed by atoms with Crippen LogP contribution in [0.5, 0.6) is 0 Å². The van der Waals surface area contributed by atoms with Gasteiger partial charge in [0.2, 0.25) is 0 Å². The lowest BCUT2D eigenvalue weighted by Crippen LogP contribution is -2.14. The Bertz CT molecular complexity index is 515. The predicted octanol–water partition coefficient (Wildman–Crippen LogP) is 5.35. The summed E-state index contributed by atoms with van der Waals surface area (Å²) in [5, 5.41) is 0. The van der Waals surface area contributed by atoms with Crippen molar-refractivity contribution < 1.29 is 4.39 Å². The molecule has 0 bridgehead atoms. The van der Waals surface area contributed by atoms with E-state index in [1.807, 2.05) is 6.07 Å². The standard InChI is InChI=1S/C18H19F/c19-18-8-4-7-17(13-18)16-11-9-15(10-12-16)14-5-2-1-3-6-14/h1-3,5-6,9-12,17-18H,4,7-8,13H2/t17-,18-/m0/s1. The summed E-state index contributed by atoms with van der Waals surface area (Å²) in [5.41, 5.74) is 3.76. The van der Waals surface area contributed by atoms with E-state index in [1.165, 1.54) is 16.7 Å². The van der Waals surface area contributed by atoms with Gasteiger partial charge >= 0.3 is 0 Å². The zero-order valence-corrected chi connectivity index (χ0v) is 11.1. The second-order valence-corrected chi connectivity index (χ2v) is 5.45. The molecule has 2 atom stereocenters. The molecule has 0 spiro atoms. The number of hydrogen-bond donors (Lipinski definition) is 0. The lowest BCUT2D eigenvalue weighted by molar-refractivity contribution is 0.231. The maximum absolute atomic E-state index is 13.5. The first-order valence-electron chi connectivity index (χ1n) is 7.12. The van der Waals surface area contributed by atoms with Crippen molar-refractivity contribution in [1.82, 2.24) is 0 Å². The first-order chi connectivity index (χ1) is 9.33. The van der Waals surface area contributed by atoms with Crippen molar-refractivity contribution in [2.45, 2.75) is 37.8 Å². The van der Waals surface area contributed by atoms with Gasteiger partial charge in [-0.05, 0) is 48.3 Å². The van der Waals surface area contributed by atoms with Crippen molar-refractivity contribution in [3.8, 4) is 11.1 Å². The first kappa shape index (κ1) is 12.4. The average Bonchev–Trinajstić information content (AvgIpc) is 2.48. The molecule has 19 heavy (non-hydrogen) atoms. The van der Waals surface area contributed by atoms with Gasteiger partial charge in [-0.25, -0.2) is 4.39 Å². The van der Waals surface area contributed by atoms with Gasteiger partial charge in [0.15, 0.2) is 0 Å². The van der Waals surface area contributed by atoms with E-state index < -0.39 is 6.17 Å². The van der Waals surface area contributed by atoms with Gasteiger partial charge in [0.25, 0.3) is 0 Å². The Morgan fingerprint density at radius 1 is 0.789 bits per heavy atom. The molecular weight excluding hydrogens is 235 g/mol. The van der Waals surface area contributed by atoms with E-state index in [-0.39, 0.29) is 0 Å². The van der Waals surface area contributed by atoms with Gasteiger partial charge in [-0.2, -0.15) is 0 Å². The van der Waals surface area contributed by atoms with E-state index in [1.54, 1.807) is 0 Å². The molecule has 1 saturated carbocycles. The largest absolute Gasteiger partial charge is 0.247 e. The Morgan fingerprint density at radius 2 is 1.47 bits per heavy atom. The van der Waals surface area contributed by atoms with Crippen LogP contribution in [0, 0.1) is 0 Å². The van der Waals surface area contributed by atoms with E-state index in [2.05, 4.69) is 48.5 Å². The Kier molecular flexibility index (Phi) is 3.63. The summed E-state index contributed by atoms with van der Waals surface area (Å²) >= 11 is 0. The molecule has 1 aliphatic rings. The maximum Gasteiger partial charge on any atom is 0.101 e. The summed E-state index contributed by atoms with van der Waals surface area (Å²) in [5.74, 6) is 0.411. The van der Waals surface area contributed by atoms with Gasteiger partial charge in [0.05, 0.1) is 0 Å². The summed E-state index contributed by atoms with van der Waals surface area (Å²) in [7, 11) is 0. The molecule has 1 heteroatoms. The molecule has 0 nitrogen and oxygen atoms in total. The van der Waals surface area contributed by atoms with Gasteiger partial charge in [0, 0.05) is 0 Å². The zero-order valence-electron chi connectivity index (χ0n) is 11.1. The predicted molar refractivity (Wildman–Crippen MR) is 78.0 cm³/mol. The fourth-order valence-electron chi connectivity index (χ4n) is 3.01. The van der Waals surface area contributed by atoms with Crippen LogP contribution in [0.3, 0.4) is 0 Å². The summed E-state index contributed by atoms with van der Waals surface area (Å²) in [4.78, 5) is 0. The summed E-state index contributed by atoms with van der Waals surface area (Å²) in [6.45, 7) is 0. The number of benzene rings is 2. The van der Waals surface area contributed by atoms with Crippen LogP contribution >= 0.6 is 0 Å². The second kappa shape index (κ2) is 5.56. The normalized spacial score (nSPS) is 23.2. The van der Waals surface area contributed by atoms with E-state index in [4.69, 9.17) is 0 Å². The third kappa shape index (κ3) is 2.86. The third-order valence-corrected chi connectivity index (χ3v) is 4.10. The van der Waals surface area contributed by atoms with E-state index in [0.717, 1.165) is 19.3 Å². The summed E-state index contributed by atoms with van der Waals surface area (Å²) in [6.07, 6.45) is 2.99. The molecule has 0 aromatic heterocycles. The van der Waals surface area contributed by atoms with Crippen LogP contribution in [-0.4, -0.2) is 6.17 Å². The minimum absolute atomic E-state index is 0.411. The quantitative estimate of drug-likeness (QED) is 0.677. The maximum atomic E-state index is 13.5. The third-order valence-electron chi connectivity index (χ3n) is 4.10. The molecule has 2 aromatic carbocycles. The van der Waals surface area contributed by atoms with Crippen molar-refractivity contribution in [3.05, 3.63) is 60.2 Å². The van der Waals surface area contributed by atoms with Crippen molar-refractivity contribution in [1.29, 1.82) is 0 Å². The molecule has 0 N–H and O–H groups in total. The van der Waals surface area contributed by atoms with Gasteiger partial charge in [-0.1, -0.05) is 54.6 Å². The highest BCUT2D eigenvalue weighted by Crippen LogP contribution is 2.35. The smallest absolute Gasteiger partial charge is 0.101 e. The van der Waals surface area contributed by atoms with Gasteiger partial charge in [0.1, 0.15) is 6.17 Å².